The summed E-state index contributed by atoms with van der Waals surface area (Å²) in [5.41, 5.74) is 1.82. The fourth-order valence-electron chi connectivity index (χ4n) is 2.57. The van der Waals surface area contributed by atoms with Crippen LogP contribution in [0.25, 0.3) is 5.69 Å². The van der Waals surface area contributed by atoms with E-state index in [-0.39, 0.29) is 0 Å². The number of nitrogens with one attached hydrogen (secondary N) is 1. The molecule has 1 saturated heterocycles. The average molecular weight is 326 g/mol. The molecule has 21 heavy (non-hydrogen) atoms. The molecule has 1 atom stereocenters. The molecule has 1 unspecified atom stereocenters. The minimum atomic E-state index is 0.516. The summed E-state index contributed by atoms with van der Waals surface area (Å²) in [4.78, 5) is 2.38. The van der Waals surface area contributed by atoms with Gasteiger partial charge < -0.3 is 5.32 Å². The minimum Gasteiger partial charge on any atom is -0.316 e. The highest BCUT2D eigenvalue weighted by Gasteiger charge is 2.21. The van der Waals surface area contributed by atoms with Crippen molar-refractivity contribution in [3.8, 4) is 5.69 Å². The van der Waals surface area contributed by atoms with Crippen LogP contribution in [0.2, 0.25) is 10.0 Å². The molecule has 2 heterocycles. The van der Waals surface area contributed by atoms with E-state index in [1.54, 1.807) is 16.8 Å². The van der Waals surface area contributed by atoms with Crippen LogP contribution in [-0.4, -0.2) is 46.1 Å². The molecule has 0 saturated carbocycles. The lowest BCUT2D eigenvalue weighted by Gasteiger charge is -2.13. The number of halogens is 2. The molecular formula is C14H17Cl2N5. The molecule has 112 valence electrons. The Labute approximate surface area is 133 Å². The Morgan fingerprint density at radius 3 is 2.90 bits per heavy atom. The van der Waals surface area contributed by atoms with Crippen LogP contribution in [0.15, 0.2) is 24.4 Å². The van der Waals surface area contributed by atoms with Gasteiger partial charge >= 0.3 is 0 Å². The van der Waals surface area contributed by atoms with Gasteiger partial charge in [-0.25, -0.2) is 4.68 Å². The van der Waals surface area contributed by atoms with Crippen LogP contribution in [0.5, 0.6) is 0 Å². The van der Waals surface area contributed by atoms with Gasteiger partial charge in [0.25, 0.3) is 0 Å². The number of hydrogen-bond donors (Lipinski definition) is 1. The molecule has 3 rings (SSSR count). The van der Waals surface area contributed by atoms with Crippen molar-refractivity contribution in [2.75, 3.05) is 20.1 Å². The minimum absolute atomic E-state index is 0.516. The highest BCUT2D eigenvalue weighted by Crippen LogP contribution is 2.24. The van der Waals surface area contributed by atoms with Gasteiger partial charge in [-0.15, -0.1) is 5.10 Å². The highest BCUT2D eigenvalue weighted by atomic mass is 35.5. The first-order valence-corrected chi connectivity index (χ1v) is 7.67. The van der Waals surface area contributed by atoms with Crippen molar-refractivity contribution in [2.24, 2.45) is 0 Å². The molecule has 1 aromatic carbocycles. The Hall–Kier alpha value is -1.14. The van der Waals surface area contributed by atoms with E-state index in [9.17, 15) is 0 Å². The van der Waals surface area contributed by atoms with E-state index in [0.29, 0.717) is 16.1 Å². The van der Waals surface area contributed by atoms with Crippen molar-refractivity contribution in [1.82, 2.24) is 25.2 Å². The molecule has 0 amide bonds. The zero-order valence-corrected chi connectivity index (χ0v) is 13.3. The number of likely N-dealkylation sites (tertiary alicyclic amines) is 1. The molecule has 7 heteroatoms. The number of hydrogen-bond acceptors (Lipinski definition) is 4. The SMILES string of the molecule is CNC1CCN(Cc2cn(-c3ccc(Cl)c(Cl)c3)nn2)C1. The van der Waals surface area contributed by atoms with E-state index in [0.717, 1.165) is 31.0 Å². The second-order valence-electron chi connectivity index (χ2n) is 5.26. The van der Waals surface area contributed by atoms with Crippen LogP contribution in [0.1, 0.15) is 12.1 Å². The normalized spacial score (nSPS) is 19.3. The zero-order valence-electron chi connectivity index (χ0n) is 11.8. The molecule has 0 radical (unpaired) electrons. The van der Waals surface area contributed by atoms with Gasteiger partial charge in [0.1, 0.15) is 0 Å². The van der Waals surface area contributed by atoms with Crippen molar-refractivity contribution in [1.29, 1.82) is 0 Å². The summed E-state index contributed by atoms with van der Waals surface area (Å²) in [5.74, 6) is 0. The third-order valence-electron chi connectivity index (χ3n) is 3.77. The standard InChI is InChI=1S/C14H17Cl2N5/c1-17-10-4-5-20(7-10)8-11-9-21(19-18-11)12-2-3-13(15)14(16)6-12/h2-3,6,9-10,17H,4-5,7-8H2,1H3. The van der Waals surface area contributed by atoms with Gasteiger partial charge in [-0.3, -0.25) is 4.90 Å². The molecule has 1 N–H and O–H groups in total. The molecule has 1 fully saturated rings. The zero-order chi connectivity index (χ0) is 14.8. The molecule has 0 aliphatic carbocycles. The highest BCUT2D eigenvalue weighted by molar-refractivity contribution is 6.42. The lowest BCUT2D eigenvalue weighted by molar-refractivity contribution is 0.318. The molecule has 2 aromatic rings. The van der Waals surface area contributed by atoms with Gasteiger partial charge in [0.05, 0.1) is 27.6 Å². The molecular weight excluding hydrogens is 309 g/mol. The van der Waals surface area contributed by atoms with Crippen LogP contribution in [0.4, 0.5) is 0 Å². The summed E-state index contributed by atoms with van der Waals surface area (Å²) in [6.45, 7) is 2.96. The molecule has 1 aliphatic heterocycles. The molecule has 0 spiro atoms. The second-order valence-corrected chi connectivity index (χ2v) is 6.08. The van der Waals surface area contributed by atoms with Crippen molar-refractivity contribution in [3.05, 3.63) is 40.1 Å². The van der Waals surface area contributed by atoms with Crippen molar-refractivity contribution < 1.29 is 0 Å². The van der Waals surface area contributed by atoms with Gasteiger partial charge in [0.15, 0.2) is 0 Å². The van der Waals surface area contributed by atoms with Gasteiger partial charge in [-0.1, -0.05) is 28.4 Å². The molecule has 1 aromatic heterocycles. The predicted molar refractivity (Wildman–Crippen MR) is 84.1 cm³/mol. The number of benzene rings is 1. The van der Waals surface area contributed by atoms with E-state index >= 15 is 0 Å². The van der Waals surface area contributed by atoms with Crippen LogP contribution >= 0.6 is 23.2 Å². The number of likely N-dealkylation sites (N-methyl/N-ethyl adjacent to an activating group) is 1. The smallest absolute Gasteiger partial charge is 0.0971 e. The van der Waals surface area contributed by atoms with Crippen LogP contribution in [-0.2, 0) is 6.54 Å². The summed E-state index contributed by atoms with van der Waals surface area (Å²) in [6.07, 6.45) is 3.11. The van der Waals surface area contributed by atoms with E-state index in [4.69, 9.17) is 23.2 Å². The fraction of sp³-hybridized carbons (Fsp3) is 0.429. The lowest BCUT2D eigenvalue weighted by atomic mass is 10.3. The van der Waals surface area contributed by atoms with Gasteiger partial charge in [-0.05, 0) is 31.7 Å². The second kappa shape index (κ2) is 6.32. The topological polar surface area (TPSA) is 46.0 Å². The summed E-state index contributed by atoms with van der Waals surface area (Å²) in [7, 11) is 2.01. The van der Waals surface area contributed by atoms with Gasteiger partial charge in [0, 0.05) is 25.7 Å². The summed E-state index contributed by atoms with van der Waals surface area (Å²) in [6, 6.07) is 6.00. The predicted octanol–water partition coefficient (Wildman–Crippen LogP) is 2.37. The van der Waals surface area contributed by atoms with Crippen molar-refractivity contribution in [2.45, 2.75) is 19.0 Å². The van der Waals surface area contributed by atoms with E-state index in [1.165, 1.54) is 6.42 Å². The van der Waals surface area contributed by atoms with Gasteiger partial charge in [-0.2, -0.15) is 0 Å². The Balaban J connectivity index is 1.70. The first kappa shape index (κ1) is 14.8. The monoisotopic (exact) mass is 325 g/mol. The molecule has 0 bridgehead atoms. The maximum Gasteiger partial charge on any atom is 0.0971 e. The molecule has 5 nitrogen and oxygen atoms in total. The third kappa shape index (κ3) is 3.37. The maximum atomic E-state index is 6.03. The van der Waals surface area contributed by atoms with Gasteiger partial charge in [0.2, 0.25) is 0 Å². The maximum absolute atomic E-state index is 6.03. The third-order valence-corrected chi connectivity index (χ3v) is 4.51. The average Bonchev–Trinajstić information content (AvgIpc) is 3.11. The van der Waals surface area contributed by atoms with Crippen LogP contribution in [0, 0.1) is 0 Å². The number of rotatable bonds is 4. The largest absolute Gasteiger partial charge is 0.316 e. The van der Waals surface area contributed by atoms with Crippen LogP contribution in [0.3, 0.4) is 0 Å². The Morgan fingerprint density at radius 2 is 2.19 bits per heavy atom. The van der Waals surface area contributed by atoms with E-state index in [1.807, 2.05) is 19.3 Å². The van der Waals surface area contributed by atoms with Crippen molar-refractivity contribution in [3.63, 3.8) is 0 Å². The fourth-order valence-corrected chi connectivity index (χ4v) is 2.86. The summed E-state index contributed by atoms with van der Waals surface area (Å²) < 4.78 is 1.73. The van der Waals surface area contributed by atoms with E-state index < -0.39 is 0 Å². The Morgan fingerprint density at radius 1 is 1.33 bits per heavy atom. The quantitative estimate of drug-likeness (QED) is 0.937. The summed E-state index contributed by atoms with van der Waals surface area (Å²) >= 11 is 12.0. The lowest BCUT2D eigenvalue weighted by Crippen LogP contribution is -2.29. The van der Waals surface area contributed by atoms with Crippen molar-refractivity contribution >= 4 is 23.2 Å². The van der Waals surface area contributed by atoms with E-state index in [2.05, 4.69) is 20.5 Å². The Bertz CT molecular complexity index is 628. The number of nitrogens with zero attached hydrogens (tertiary/aromatic N) is 4. The first-order valence-electron chi connectivity index (χ1n) is 6.92. The molecule has 1 aliphatic rings. The first-order chi connectivity index (χ1) is 10.2. The van der Waals surface area contributed by atoms with Crippen LogP contribution < -0.4 is 5.32 Å². The number of aromatic nitrogens is 3. The Kier molecular flexibility index (Phi) is 4.45. The summed E-state index contributed by atoms with van der Waals surface area (Å²) in [5, 5.41) is 12.8.